The Bertz CT molecular complexity index is 604. The maximum atomic E-state index is 12.0. The van der Waals surface area contributed by atoms with Gasteiger partial charge in [-0.15, -0.1) is 12.4 Å². The van der Waals surface area contributed by atoms with Crippen molar-refractivity contribution < 1.29 is 14.6 Å². The van der Waals surface area contributed by atoms with Crippen molar-refractivity contribution in [1.29, 1.82) is 0 Å². The molecule has 0 fully saturated rings. The molecule has 0 bridgehead atoms. The van der Waals surface area contributed by atoms with Gasteiger partial charge in [0.05, 0.1) is 18.5 Å². The molecule has 0 aliphatic heterocycles. The number of aromatic hydroxyl groups is 1. The summed E-state index contributed by atoms with van der Waals surface area (Å²) in [4.78, 5) is 12.0. The fourth-order valence-corrected chi connectivity index (χ4v) is 1.89. The number of carbonyl (C=O) groups excluding carboxylic acids is 1. The summed E-state index contributed by atoms with van der Waals surface area (Å²) in [6, 6.07) is 9.29. The van der Waals surface area contributed by atoms with Crippen LogP contribution in [0.1, 0.15) is 10.5 Å². The van der Waals surface area contributed by atoms with Crippen LogP contribution >= 0.6 is 12.4 Å². The molecule has 8 heteroatoms. The summed E-state index contributed by atoms with van der Waals surface area (Å²) in [5.74, 6) is -0.547. The molecule has 0 atom stereocenters. The summed E-state index contributed by atoms with van der Waals surface area (Å²) in [5, 5.41) is 19.8. The normalized spacial score (nSPS) is 10.1. The third-order valence-electron chi connectivity index (χ3n) is 3.00. The molecule has 0 saturated heterocycles. The van der Waals surface area contributed by atoms with E-state index in [9.17, 15) is 9.90 Å². The lowest BCUT2D eigenvalue weighted by atomic mass is 10.3. The molecule has 0 radical (unpaired) electrons. The van der Waals surface area contributed by atoms with Gasteiger partial charge >= 0.3 is 0 Å². The van der Waals surface area contributed by atoms with Crippen molar-refractivity contribution in [3.63, 3.8) is 0 Å². The first kappa shape index (κ1) is 19.0. The third kappa shape index (κ3) is 5.55. The molecule has 0 spiro atoms. The van der Waals surface area contributed by atoms with Gasteiger partial charge in [-0.2, -0.15) is 5.10 Å². The van der Waals surface area contributed by atoms with Gasteiger partial charge in [-0.3, -0.25) is 4.79 Å². The number of benzene rings is 1. The highest BCUT2D eigenvalue weighted by molar-refractivity contribution is 5.94. The van der Waals surface area contributed by atoms with Crippen LogP contribution in [0.2, 0.25) is 0 Å². The number of hydrogen-bond acceptors (Lipinski definition) is 5. The molecule has 1 amide bonds. The molecule has 1 aromatic carbocycles. The number of halogens is 1. The highest BCUT2D eigenvalue weighted by Crippen LogP contribution is 2.17. The minimum absolute atomic E-state index is 0. The number of rotatable bonds is 8. The molecule has 126 valence electrons. The molecule has 0 aliphatic carbocycles. The van der Waals surface area contributed by atoms with Crippen LogP contribution in [0.4, 0.5) is 0 Å². The zero-order valence-electron chi connectivity index (χ0n) is 12.9. The number of methoxy groups -OCH3 is 1. The SMILES string of the molecule is COCCNCCNC(=O)c1nn(-c2ccccc2)cc1O.Cl. The first-order chi connectivity index (χ1) is 10.7. The largest absolute Gasteiger partial charge is 0.504 e. The molecule has 2 aromatic rings. The van der Waals surface area contributed by atoms with Gasteiger partial charge in [-0.1, -0.05) is 18.2 Å². The van der Waals surface area contributed by atoms with Crippen LogP contribution in [0.3, 0.4) is 0 Å². The van der Waals surface area contributed by atoms with Gasteiger partial charge in [0.1, 0.15) is 0 Å². The molecule has 23 heavy (non-hydrogen) atoms. The Balaban J connectivity index is 0.00000264. The second-order valence-corrected chi connectivity index (χ2v) is 4.64. The summed E-state index contributed by atoms with van der Waals surface area (Å²) in [5.41, 5.74) is 0.791. The molecule has 7 nitrogen and oxygen atoms in total. The zero-order chi connectivity index (χ0) is 15.8. The summed E-state index contributed by atoms with van der Waals surface area (Å²) >= 11 is 0. The molecule has 2 rings (SSSR count). The maximum absolute atomic E-state index is 12.0. The Morgan fingerprint density at radius 2 is 2.00 bits per heavy atom. The summed E-state index contributed by atoms with van der Waals surface area (Å²) in [6.45, 7) is 2.41. The van der Waals surface area contributed by atoms with E-state index >= 15 is 0 Å². The summed E-state index contributed by atoms with van der Waals surface area (Å²) in [6.07, 6.45) is 1.42. The van der Waals surface area contributed by atoms with Crippen molar-refractivity contribution in [2.75, 3.05) is 33.4 Å². The molecule has 0 aliphatic rings. The lowest BCUT2D eigenvalue weighted by Gasteiger charge is -2.05. The number of nitrogens with one attached hydrogen (secondary N) is 2. The molecule has 3 N–H and O–H groups in total. The van der Waals surface area contributed by atoms with Gasteiger partial charge in [-0.05, 0) is 12.1 Å². The number of para-hydroxylation sites is 1. The quantitative estimate of drug-likeness (QED) is 0.623. The van der Waals surface area contributed by atoms with Crippen molar-refractivity contribution in [3.05, 3.63) is 42.2 Å². The topological polar surface area (TPSA) is 88.4 Å². The predicted octanol–water partition coefficient (Wildman–Crippen LogP) is 0.966. The summed E-state index contributed by atoms with van der Waals surface area (Å²) < 4.78 is 6.38. The highest BCUT2D eigenvalue weighted by Gasteiger charge is 2.16. The summed E-state index contributed by atoms with van der Waals surface area (Å²) in [7, 11) is 1.63. The monoisotopic (exact) mass is 340 g/mol. The number of nitrogens with zero attached hydrogens (tertiary/aromatic N) is 2. The number of aromatic nitrogens is 2. The molecular weight excluding hydrogens is 320 g/mol. The van der Waals surface area contributed by atoms with E-state index in [0.717, 1.165) is 12.2 Å². The van der Waals surface area contributed by atoms with E-state index in [1.165, 1.54) is 10.9 Å². The second kappa shape index (κ2) is 9.83. The highest BCUT2D eigenvalue weighted by atomic mass is 35.5. The van der Waals surface area contributed by atoms with E-state index in [1.807, 2.05) is 30.3 Å². The van der Waals surface area contributed by atoms with Crippen LogP contribution in [0, 0.1) is 0 Å². The van der Waals surface area contributed by atoms with Crippen molar-refractivity contribution in [2.24, 2.45) is 0 Å². The van der Waals surface area contributed by atoms with E-state index in [0.29, 0.717) is 19.7 Å². The van der Waals surface area contributed by atoms with Crippen LogP contribution in [0.25, 0.3) is 5.69 Å². The zero-order valence-corrected chi connectivity index (χ0v) is 13.7. The first-order valence-electron chi connectivity index (χ1n) is 7.04. The Labute approximate surface area is 141 Å². The average molecular weight is 341 g/mol. The van der Waals surface area contributed by atoms with Crippen LogP contribution < -0.4 is 10.6 Å². The van der Waals surface area contributed by atoms with Gasteiger partial charge in [0.25, 0.3) is 5.91 Å². The van der Waals surface area contributed by atoms with E-state index in [4.69, 9.17) is 4.74 Å². The fraction of sp³-hybridized carbons (Fsp3) is 0.333. The Morgan fingerprint density at radius 3 is 2.70 bits per heavy atom. The van der Waals surface area contributed by atoms with E-state index in [2.05, 4.69) is 15.7 Å². The predicted molar refractivity (Wildman–Crippen MR) is 89.6 cm³/mol. The molecule has 0 unspecified atom stereocenters. The lowest BCUT2D eigenvalue weighted by Crippen LogP contribution is -2.33. The van der Waals surface area contributed by atoms with Gasteiger partial charge in [0, 0.05) is 26.7 Å². The van der Waals surface area contributed by atoms with Gasteiger partial charge in [-0.25, -0.2) is 4.68 Å². The van der Waals surface area contributed by atoms with Crippen LogP contribution in [-0.2, 0) is 4.74 Å². The van der Waals surface area contributed by atoms with Gasteiger partial charge in [0.2, 0.25) is 0 Å². The average Bonchev–Trinajstić information content (AvgIpc) is 2.93. The number of carbonyl (C=O) groups is 1. The van der Waals surface area contributed by atoms with Gasteiger partial charge < -0.3 is 20.5 Å². The lowest BCUT2D eigenvalue weighted by molar-refractivity contribution is 0.0945. The van der Waals surface area contributed by atoms with Gasteiger partial charge in [0.15, 0.2) is 11.4 Å². The minimum Gasteiger partial charge on any atom is -0.504 e. The number of hydrogen-bond donors (Lipinski definition) is 3. The smallest absolute Gasteiger partial charge is 0.275 e. The number of ether oxygens (including phenoxy) is 1. The van der Waals surface area contributed by atoms with Crippen LogP contribution in [-0.4, -0.2) is 54.1 Å². The number of amides is 1. The van der Waals surface area contributed by atoms with Crippen LogP contribution in [0.5, 0.6) is 5.75 Å². The van der Waals surface area contributed by atoms with E-state index in [1.54, 1.807) is 7.11 Å². The standard InChI is InChI=1S/C15H20N4O3.ClH/c1-22-10-9-16-7-8-17-15(21)14-13(20)11-19(18-14)12-5-3-2-4-6-12;/h2-6,11,16,20H,7-10H2,1H3,(H,17,21);1H. The molecular formula is C15H21ClN4O3. The minimum atomic E-state index is -0.402. The van der Waals surface area contributed by atoms with Crippen molar-refractivity contribution in [3.8, 4) is 11.4 Å². The van der Waals surface area contributed by atoms with E-state index < -0.39 is 5.91 Å². The second-order valence-electron chi connectivity index (χ2n) is 4.64. The van der Waals surface area contributed by atoms with Crippen molar-refractivity contribution >= 4 is 18.3 Å². The molecule has 1 aromatic heterocycles. The first-order valence-corrected chi connectivity index (χ1v) is 7.04. The Hall–Kier alpha value is -2.09. The van der Waals surface area contributed by atoms with Crippen molar-refractivity contribution in [2.45, 2.75) is 0 Å². The Morgan fingerprint density at radius 1 is 1.26 bits per heavy atom. The fourth-order valence-electron chi connectivity index (χ4n) is 1.89. The van der Waals surface area contributed by atoms with Crippen molar-refractivity contribution in [1.82, 2.24) is 20.4 Å². The van der Waals surface area contributed by atoms with Crippen LogP contribution in [0.15, 0.2) is 36.5 Å². The maximum Gasteiger partial charge on any atom is 0.275 e. The Kier molecular flexibility index (Phi) is 8.10. The molecule has 0 saturated carbocycles. The molecule has 1 heterocycles. The van der Waals surface area contributed by atoms with E-state index in [-0.39, 0.29) is 23.9 Å². The third-order valence-corrected chi connectivity index (χ3v) is 3.00.